The molecule has 1 aromatic heterocycles. The molecule has 2 aromatic rings. The fourth-order valence-corrected chi connectivity index (χ4v) is 2.13. The summed E-state index contributed by atoms with van der Waals surface area (Å²) >= 11 is 2.98. The van der Waals surface area contributed by atoms with Crippen LogP contribution in [-0.2, 0) is 4.74 Å². The van der Waals surface area contributed by atoms with Crippen LogP contribution in [-0.4, -0.2) is 18.1 Å². The van der Waals surface area contributed by atoms with Crippen LogP contribution in [0, 0.1) is 11.8 Å². The molecule has 0 saturated carbocycles. The van der Waals surface area contributed by atoms with Gasteiger partial charge in [0.05, 0.1) is 22.8 Å². The van der Waals surface area contributed by atoms with Gasteiger partial charge in [0, 0.05) is 17.8 Å². The number of hydrogen-bond donors (Lipinski definition) is 1. The van der Waals surface area contributed by atoms with E-state index in [0.717, 1.165) is 13.2 Å². The highest BCUT2D eigenvalue weighted by molar-refractivity contribution is 9.10. The first-order valence-electron chi connectivity index (χ1n) is 5.43. The van der Waals surface area contributed by atoms with Crippen molar-refractivity contribution >= 4 is 27.6 Å². The molecule has 1 aromatic carbocycles. The maximum absolute atomic E-state index is 14.0. The van der Waals surface area contributed by atoms with E-state index in [2.05, 4.69) is 25.7 Å². The molecule has 0 atom stereocenters. The zero-order valence-electron chi connectivity index (χ0n) is 10.3. The van der Waals surface area contributed by atoms with Crippen LogP contribution in [0.1, 0.15) is 10.4 Å². The van der Waals surface area contributed by atoms with Crippen LogP contribution < -0.4 is 5.73 Å². The number of nitrogens with zero attached hydrogens (tertiary/aromatic N) is 1. The Morgan fingerprint density at radius 3 is 2.70 bits per heavy atom. The molecule has 2 N–H and O–H groups in total. The molecule has 0 aliphatic rings. The highest BCUT2D eigenvalue weighted by Crippen LogP contribution is 2.36. The van der Waals surface area contributed by atoms with Crippen molar-refractivity contribution in [2.24, 2.45) is 0 Å². The third-order valence-corrected chi connectivity index (χ3v) is 3.46. The van der Waals surface area contributed by atoms with Gasteiger partial charge in [-0.15, -0.1) is 0 Å². The number of carbonyl (C=O) groups excluding carboxylic acids is 1. The minimum absolute atomic E-state index is 0.0563. The lowest BCUT2D eigenvalue weighted by atomic mass is 10.0. The molecule has 1 heterocycles. The summed E-state index contributed by atoms with van der Waals surface area (Å²) in [5.74, 6) is -2.38. The zero-order chi connectivity index (χ0) is 14.9. The molecular formula is C13H9BrF2N2O2. The van der Waals surface area contributed by atoms with E-state index in [1.807, 2.05) is 0 Å². The molecule has 4 nitrogen and oxygen atoms in total. The van der Waals surface area contributed by atoms with E-state index in [0.29, 0.717) is 11.1 Å². The minimum atomic E-state index is -0.848. The highest BCUT2D eigenvalue weighted by Gasteiger charge is 2.21. The number of aromatic nitrogens is 1. The lowest BCUT2D eigenvalue weighted by molar-refractivity contribution is 0.0595. The Balaban J connectivity index is 2.71. The zero-order valence-corrected chi connectivity index (χ0v) is 11.9. The molecular weight excluding hydrogens is 334 g/mol. The number of nitrogens with two attached hydrogens (primary N) is 1. The number of ether oxygens (including phenoxy) is 1. The average molecular weight is 343 g/mol. The van der Waals surface area contributed by atoms with Gasteiger partial charge in [0.2, 0.25) is 5.95 Å². The summed E-state index contributed by atoms with van der Waals surface area (Å²) in [7, 11) is 1.14. The summed E-state index contributed by atoms with van der Waals surface area (Å²) in [6.07, 6.45) is 1.25. The molecule has 0 aliphatic heterocycles. The van der Waals surface area contributed by atoms with E-state index in [1.165, 1.54) is 18.3 Å². The molecule has 20 heavy (non-hydrogen) atoms. The van der Waals surface area contributed by atoms with Gasteiger partial charge in [-0.2, -0.15) is 4.39 Å². The second kappa shape index (κ2) is 5.54. The Morgan fingerprint density at radius 2 is 2.10 bits per heavy atom. The Labute approximate surface area is 121 Å². The van der Waals surface area contributed by atoms with Crippen molar-refractivity contribution in [1.29, 1.82) is 0 Å². The molecule has 0 spiro atoms. The number of methoxy groups -OCH3 is 1. The Kier molecular flexibility index (Phi) is 3.99. The fourth-order valence-electron chi connectivity index (χ4n) is 1.71. The van der Waals surface area contributed by atoms with Crippen molar-refractivity contribution in [3.05, 3.63) is 46.2 Å². The molecule has 0 bridgehead atoms. The van der Waals surface area contributed by atoms with Gasteiger partial charge in [-0.3, -0.25) is 0 Å². The maximum atomic E-state index is 14.0. The lowest BCUT2D eigenvalue weighted by Gasteiger charge is -2.12. The van der Waals surface area contributed by atoms with Crippen molar-refractivity contribution in [2.45, 2.75) is 0 Å². The van der Waals surface area contributed by atoms with Crippen molar-refractivity contribution in [2.75, 3.05) is 12.8 Å². The number of halogens is 3. The van der Waals surface area contributed by atoms with Gasteiger partial charge in [0.1, 0.15) is 0 Å². The molecule has 0 aliphatic carbocycles. The van der Waals surface area contributed by atoms with Gasteiger partial charge in [0.15, 0.2) is 5.82 Å². The van der Waals surface area contributed by atoms with Gasteiger partial charge >= 0.3 is 5.97 Å². The highest BCUT2D eigenvalue weighted by atomic mass is 79.9. The molecule has 0 radical (unpaired) electrons. The van der Waals surface area contributed by atoms with Crippen molar-refractivity contribution in [1.82, 2.24) is 4.98 Å². The van der Waals surface area contributed by atoms with Crippen molar-refractivity contribution in [3.63, 3.8) is 0 Å². The fraction of sp³-hybridized carbons (Fsp3) is 0.0769. The molecule has 0 saturated heterocycles. The first-order valence-corrected chi connectivity index (χ1v) is 6.22. The molecule has 104 valence electrons. The second-order valence-electron chi connectivity index (χ2n) is 3.87. The SMILES string of the molecule is COC(=O)c1cc(-c2ccnc(F)c2)c(N)c(Br)c1F. The summed E-state index contributed by atoms with van der Waals surface area (Å²) in [6.45, 7) is 0. The summed E-state index contributed by atoms with van der Waals surface area (Å²) in [5.41, 5.74) is 6.24. The Bertz CT molecular complexity index is 692. The largest absolute Gasteiger partial charge is 0.465 e. The molecule has 0 unspecified atom stereocenters. The monoisotopic (exact) mass is 342 g/mol. The van der Waals surface area contributed by atoms with Gasteiger partial charge in [-0.25, -0.2) is 14.2 Å². The van der Waals surface area contributed by atoms with Crippen LogP contribution in [0.15, 0.2) is 28.9 Å². The topological polar surface area (TPSA) is 65.2 Å². The van der Waals surface area contributed by atoms with Crippen LogP contribution in [0.2, 0.25) is 0 Å². The molecule has 0 fully saturated rings. The number of pyridine rings is 1. The molecule has 0 amide bonds. The standard InChI is InChI=1S/C13H9BrF2N2O2/c1-20-13(19)8-5-7(12(17)10(14)11(8)16)6-2-3-18-9(15)4-6/h2-5H,17H2,1H3. The third-order valence-electron chi connectivity index (χ3n) is 2.69. The maximum Gasteiger partial charge on any atom is 0.340 e. The van der Waals surface area contributed by atoms with Crippen LogP contribution in [0.25, 0.3) is 11.1 Å². The van der Waals surface area contributed by atoms with Crippen LogP contribution in [0.5, 0.6) is 0 Å². The number of anilines is 1. The lowest BCUT2D eigenvalue weighted by Crippen LogP contribution is -2.07. The Hall–Kier alpha value is -2.02. The smallest absolute Gasteiger partial charge is 0.340 e. The quantitative estimate of drug-likeness (QED) is 0.517. The van der Waals surface area contributed by atoms with E-state index >= 15 is 0 Å². The van der Waals surface area contributed by atoms with Crippen LogP contribution >= 0.6 is 15.9 Å². The van der Waals surface area contributed by atoms with E-state index in [4.69, 9.17) is 5.73 Å². The summed E-state index contributed by atoms with van der Waals surface area (Å²) in [4.78, 5) is 15.0. The number of benzene rings is 1. The van der Waals surface area contributed by atoms with Gasteiger partial charge in [-0.05, 0) is 33.6 Å². The first kappa shape index (κ1) is 14.4. The van der Waals surface area contributed by atoms with E-state index < -0.39 is 17.7 Å². The van der Waals surface area contributed by atoms with E-state index in [9.17, 15) is 13.6 Å². The van der Waals surface area contributed by atoms with Crippen LogP contribution in [0.4, 0.5) is 14.5 Å². The van der Waals surface area contributed by atoms with Crippen LogP contribution in [0.3, 0.4) is 0 Å². The summed E-state index contributed by atoms with van der Waals surface area (Å²) in [5, 5.41) is 0. The Morgan fingerprint density at radius 1 is 1.40 bits per heavy atom. The van der Waals surface area contributed by atoms with Gasteiger partial charge < -0.3 is 10.5 Å². The second-order valence-corrected chi connectivity index (χ2v) is 4.67. The van der Waals surface area contributed by atoms with E-state index in [1.54, 1.807) is 0 Å². The normalized spacial score (nSPS) is 10.4. The van der Waals surface area contributed by atoms with Crippen molar-refractivity contribution in [3.8, 4) is 11.1 Å². The predicted molar refractivity (Wildman–Crippen MR) is 73.0 cm³/mol. The number of hydrogen-bond acceptors (Lipinski definition) is 4. The number of esters is 1. The van der Waals surface area contributed by atoms with Crippen molar-refractivity contribution < 1.29 is 18.3 Å². The first-order chi connectivity index (χ1) is 9.45. The third kappa shape index (κ3) is 2.49. The molecule has 7 heteroatoms. The van der Waals surface area contributed by atoms with Gasteiger partial charge in [0.25, 0.3) is 0 Å². The number of rotatable bonds is 2. The minimum Gasteiger partial charge on any atom is -0.465 e. The number of nitrogen functional groups attached to an aromatic ring is 1. The van der Waals surface area contributed by atoms with E-state index in [-0.39, 0.29) is 15.7 Å². The predicted octanol–water partition coefficient (Wildman–Crippen LogP) is 3.16. The number of carbonyl (C=O) groups is 1. The summed E-state index contributed by atoms with van der Waals surface area (Å²) < 4.78 is 31.5. The average Bonchev–Trinajstić information content (AvgIpc) is 2.44. The molecule has 2 rings (SSSR count). The summed E-state index contributed by atoms with van der Waals surface area (Å²) in [6, 6.07) is 3.85. The van der Waals surface area contributed by atoms with Gasteiger partial charge in [-0.1, -0.05) is 0 Å².